The van der Waals surface area contributed by atoms with E-state index in [1.807, 2.05) is 24.4 Å². The number of anilines is 1. The number of aromatic amines is 1. The molecule has 7 heteroatoms. The standard InChI is InChI=1S/C24H18FN5O/c25-19-5-1-3-15(9-19)18-10-20(14-27-13-18)28-24(31)23-21-11-16(6-7-22(21)29-30-23)17-4-2-8-26-12-17/h1,3-7,9-14H,2,8H2,(H,28,31)(H,29,30). The van der Waals surface area contributed by atoms with E-state index in [1.165, 1.54) is 12.1 Å². The fraction of sp³-hybridized carbons (Fsp3) is 0.0833. The number of benzene rings is 2. The number of hydrogen-bond acceptors (Lipinski definition) is 4. The minimum absolute atomic E-state index is 0.293. The summed E-state index contributed by atoms with van der Waals surface area (Å²) in [6.45, 7) is 0.799. The number of H-pyrrole nitrogens is 1. The molecule has 6 nitrogen and oxygen atoms in total. The lowest BCUT2D eigenvalue weighted by atomic mass is 10.0. The quantitative estimate of drug-likeness (QED) is 0.502. The summed E-state index contributed by atoms with van der Waals surface area (Å²) in [5, 5.41) is 10.7. The Kier molecular flexibility index (Phi) is 4.84. The van der Waals surface area contributed by atoms with E-state index in [0.29, 0.717) is 22.5 Å². The zero-order valence-corrected chi connectivity index (χ0v) is 16.5. The van der Waals surface area contributed by atoms with Crippen molar-refractivity contribution in [3.63, 3.8) is 0 Å². The first-order chi connectivity index (χ1) is 15.2. The van der Waals surface area contributed by atoms with Crippen LogP contribution in [0.2, 0.25) is 0 Å². The van der Waals surface area contributed by atoms with Crippen LogP contribution in [0, 0.1) is 5.82 Å². The predicted octanol–water partition coefficient (Wildman–Crippen LogP) is 4.87. The molecule has 5 rings (SSSR count). The van der Waals surface area contributed by atoms with Crippen LogP contribution in [0.4, 0.5) is 10.1 Å². The van der Waals surface area contributed by atoms with Crippen LogP contribution in [0.25, 0.3) is 27.6 Å². The molecule has 0 bridgehead atoms. The molecular formula is C24H18FN5O. The minimum atomic E-state index is -0.354. The van der Waals surface area contributed by atoms with Gasteiger partial charge < -0.3 is 5.32 Å². The Labute approximate surface area is 177 Å². The molecule has 2 aromatic carbocycles. The van der Waals surface area contributed by atoms with Gasteiger partial charge in [0.15, 0.2) is 5.69 Å². The van der Waals surface area contributed by atoms with Crippen molar-refractivity contribution in [3.8, 4) is 11.1 Å². The Balaban J connectivity index is 1.44. The lowest BCUT2D eigenvalue weighted by Crippen LogP contribution is -2.13. The second kappa shape index (κ2) is 7.95. The second-order valence-electron chi connectivity index (χ2n) is 7.24. The summed E-state index contributed by atoms with van der Waals surface area (Å²) in [6, 6.07) is 13.8. The number of allylic oxidation sites excluding steroid dienone is 1. The molecule has 1 aliphatic rings. The molecule has 2 aromatic heterocycles. The number of carbonyl (C=O) groups is 1. The number of fused-ring (bicyclic) bond motifs is 1. The average Bonchev–Trinajstić information content (AvgIpc) is 3.23. The number of dihydropyridines is 1. The number of amides is 1. The molecule has 0 aliphatic carbocycles. The summed E-state index contributed by atoms with van der Waals surface area (Å²) in [6.07, 6.45) is 8.06. The van der Waals surface area contributed by atoms with E-state index >= 15 is 0 Å². The molecule has 1 amide bonds. The van der Waals surface area contributed by atoms with E-state index in [2.05, 4.69) is 31.6 Å². The zero-order valence-electron chi connectivity index (χ0n) is 16.5. The molecule has 1 aliphatic heterocycles. The summed E-state index contributed by atoms with van der Waals surface area (Å²) < 4.78 is 13.6. The number of nitrogens with one attached hydrogen (secondary N) is 2. The van der Waals surface area contributed by atoms with Crippen molar-refractivity contribution >= 4 is 34.3 Å². The fourth-order valence-corrected chi connectivity index (χ4v) is 3.59. The van der Waals surface area contributed by atoms with Crippen LogP contribution in [0.3, 0.4) is 0 Å². The van der Waals surface area contributed by atoms with Gasteiger partial charge in [0.1, 0.15) is 5.82 Å². The molecule has 31 heavy (non-hydrogen) atoms. The molecule has 0 saturated heterocycles. The largest absolute Gasteiger partial charge is 0.319 e. The van der Waals surface area contributed by atoms with Gasteiger partial charge in [-0.2, -0.15) is 5.10 Å². The Morgan fingerprint density at radius 2 is 1.97 bits per heavy atom. The highest BCUT2D eigenvalue weighted by Gasteiger charge is 2.16. The van der Waals surface area contributed by atoms with Crippen LogP contribution in [-0.4, -0.2) is 33.8 Å². The van der Waals surface area contributed by atoms with Gasteiger partial charge in [0.25, 0.3) is 5.91 Å². The van der Waals surface area contributed by atoms with Gasteiger partial charge in [-0.3, -0.25) is 19.9 Å². The van der Waals surface area contributed by atoms with Crippen LogP contribution < -0.4 is 5.32 Å². The highest BCUT2D eigenvalue weighted by molar-refractivity contribution is 6.14. The van der Waals surface area contributed by atoms with Gasteiger partial charge in [-0.05, 0) is 53.5 Å². The summed E-state index contributed by atoms with van der Waals surface area (Å²) in [7, 11) is 0. The molecule has 0 fully saturated rings. The van der Waals surface area contributed by atoms with Gasteiger partial charge in [0.2, 0.25) is 0 Å². The van der Waals surface area contributed by atoms with Crippen LogP contribution in [-0.2, 0) is 0 Å². The lowest BCUT2D eigenvalue weighted by Gasteiger charge is -2.08. The van der Waals surface area contributed by atoms with Crippen molar-refractivity contribution in [1.82, 2.24) is 15.2 Å². The van der Waals surface area contributed by atoms with Crippen LogP contribution >= 0.6 is 0 Å². The highest BCUT2D eigenvalue weighted by atomic mass is 19.1. The molecule has 4 aromatic rings. The summed E-state index contributed by atoms with van der Waals surface area (Å²) in [5.74, 6) is -0.684. The number of halogens is 1. The molecule has 3 heterocycles. The van der Waals surface area contributed by atoms with E-state index in [0.717, 1.165) is 35.0 Å². The smallest absolute Gasteiger partial charge is 0.276 e. The number of rotatable bonds is 4. The van der Waals surface area contributed by atoms with Gasteiger partial charge in [-0.25, -0.2) is 4.39 Å². The number of nitrogens with zero attached hydrogens (tertiary/aromatic N) is 3. The maximum Gasteiger partial charge on any atom is 0.276 e. The SMILES string of the molecule is O=C(Nc1cncc(-c2cccc(F)c2)c1)c1n[nH]c2ccc(C3=CCCN=C3)cc12. The molecule has 0 unspecified atom stereocenters. The second-order valence-corrected chi connectivity index (χ2v) is 7.24. The third-order valence-corrected chi connectivity index (χ3v) is 5.12. The number of hydrogen-bond donors (Lipinski definition) is 2. The number of carbonyl (C=O) groups excluding carboxylic acids is 1. The third-order valence-electron chi connectivity index (χ3n) is 5.12. The highest BCUT2D eigenvalue weighted by Crippen LogP contribution is 2.25. The fourth-order valence-electron chi connectivity index (χ4n) is 3.59. The van der Waals surface area contributed by atoms with E-state index in [-0.39, 0.29) is 11.7 Å². The lowest BCUT2D eigenvalue weighted by molar-refractivity contribution is 0.102. The Hall–Kier alpha value is -4.13. The maximum absolute atomic E-state index is 13.6. The first-order valence-corrected chi connectivity index (χ1v) is 9.88. The van der Waals surface area contributed by atoms with Gasteiger partial charge in [-0.15, -0.1) is 0 Å². The van der Waals surface area contributed by atoms with Crippen molar-refractivity contribution in [2.75, 3.05) is 11.9 Å². The van der Waals surface area contributed by atoms with Crippen molar-refractivity contribution in [2.45, 2.75) is 6.42 Å². The van der Waals surface area contributed by atoms with Crippen molar-refractivity contribution in [3.05, 3.63) is 84.1 Å². The molecule has 2 N–H and O–H groups in total. The Morgan fingerprint density at radius 1 is 1.03 bits per heavy atom. The first kappa shape index (κ1) is 18.9. The van der Waals surface area contributed by atoms with Crippen LogP contribution in [0.5, 0.6) is 0 Å². The molecule has 0 saturated carbocycles. The van der Waals surface area contributed by atoms with Crippen LogP contribution in [0.1, 0.15) is 22.5 Å². The van der Waals surface area contributed by atoms with Crippen molar-refractivity contribution in [2.24, 2.45) is 4.99 Å². The van der Waals surface area contributed by atoms with Gasteiger partial charge in [0, 0.05) is 29.9 Å². The summed E-state index contributed by atoms with van der Waals surface area (Å²) in [4.78, 5) is 21.5. The predicted molar refractivity (Wildman–Crippen MR) is 120 cm³/mol. The van der Waals surface area contributed by atoms with Gasteiger partial charge in [-0.1, -0.05) is 24.3 Å². The molecule has 0 atom stereocenters. The van der Waals surface area contributed by atoms with Gasteiger partial charge in [0.05, 0.1) is 17.4 Å². The van der Waals surface area contributed by atoms with E-state index in [4.69, 9.17) is 0 Å². The Bertz CT molecular complexity index is 1360. The number of aliphatic imine (C=N–C) groups is 1. The van der Waals surface area contributed by atoms with E-state index in [1.54, 1.807) is 30.6 Å². The van der Waals surface area contributed by atoms with Crippen LogP contribution in [0.15, 0.2) is 72.0 Å². The summed E-state index contributed by atoms with van der Waals surface area (Å²) >= 11 is 0. The van der Waals surface area contributed by atoms with Gasteiger partial charge >= 0.3 is 0 Å². The normalized spacial score (nSPS) is 13.3. The topological polar surface area (TPSA) is 83.0 Å². The number of pyridine rings is 1. The Morgan fingerprint density at radius 3 is 2.81 bits per heavy atom. The number of aromatic nitrogens is 3. The average molecular weight is 411 g/mol. The van der Waals surface area contributed by atoms with Crippen molar-refractivity contribution < 1.29 is 9.18 Å². The zero-order chi connectivity index (χ0) is 21.2. The third kappa shape index (κ3) is 3.85. The van der Waals surface area contributed by atoms with E-state index < -0.39 is 0 Å². The molecule has 0 radical (unpaired) electrons. The molecule has 152 valence electrons. The summed E-state index contributed by atoms with van der Waals surface area (Å²) in [5.41, 5.74) is 4.97. The monoisotopic (exact) mass is 411 g/mol. The minimum Gasteiger partial charge on any atom is -0.319 e. The van der Waals surface area contributed by atoms with Crippen molar-refractivity contribution in [1.29, 1.82) is 0 Å². The first-order valence-electron chi connectivity index (χ1n) is 9.88. The van der Waals surface area contributed by atoms with E-state index in [9.17, 15) is 9.18 Å². The maximum atomic E-state index is 13.6. The molecular weight excluding hydrogens is 393 g/mol. The molecule has 0 spiro atoms.